The number of anilines is 2. The first-order valence-corrected chi connectivity index (χ1v) is 9.66. The maximum atomic E-state index is 12.7. The van der Waals surface area contributed by atoms with Crippen LogP contribution >= 0.6 is 11.3 Å². The van der Waals surface area contributed by atoms with Gasteiger partial charge in [-0.15, -0.1) is 11.3 Å². The molecule has 0 unspecified atom stereocenters. The van der Waals surface area contributed by atoms with Crippen molar-refractivity contribution in [3.63, 3.8) is 0 Å². The number of nitrogens with one attached hydrogen (secondary N) is 2. The lowest BCUT2D eigenvalue weighted by molar-refractivity contribution is -0.367. The first kappa shape index (κ1) is 18.5. The summed E-state index contributed by atoms with van der Waals surface area (Å²) in [7, 11) is 0. The third-order valence-corrected chi connectivity index (χ3v) is 5.72. The van der Waals surface area contributed by atoms with Gasteiger partial charge in [-0.3, -0.25) is 4.90 Å². The molecule has 5 nitrogen and oxygen atoms in total. The molecule has 0 saturated carbocycles. The summed E-state index contributed by atoms with van der Waals surface area (Å²) in [5, 5.41) is 5.90. The van der Waals surface area contributed by atoms with Crippen LogP contribution in [-0.4, -0.2) is 37.1 Å². The molecule has 9 heteroatoms. The zero-order valence-electron chi connectivity index (χ0n) is 14.8. The molecule has 1 aliphatic rings. The maximum Gasteiger partial charge on any atom is 0.419 e. The van der Waals surface area contributed by atoms with Gasteiger partial charge in [-0.1, -0.05) is 18.2 Å². The minimum atomic E-state index is -4.36. The molecular formula is C19H18F3N4OS+. The van der Waals surface area contributed by atoms with E-state index < -0.39 is 11.7 Å². The van der Waals surface area contributed by atoms with Gasteiger partial charge in [-0.05, 0) is 12.1 Å². The molecule has 0 bridgehead atoms. The summed E-state index contributed by atoms with van der Waals surface area (Å²) in [6, 6.07) is 10.2. The second kappa shape index (κ2) is 7.31. The van der Waals surface area contributed by atoms with Crippen LogP contribution < -0.4 is 15.2 Å². The predicted octanol–water partition coefficient (Wildman–Crippen LogP) is 4.09. The lowest BCUT2D eigenvalue weighted by Gasteiger charge is -2.31. The van der Waals surface area contributed by atoms with E-state index in [-0.39, 0.29) is 6.03 Å². The fraction of sp³-hybridized carbons (Fsp3) is 0.263. The van der Waals surface area contributed by atoms with E-state index in [2.05, 4.69) is 10.3 Å². The summed E-state index contributed by atoms with van der Waals surface area (Å²) in [6.45, 7) is 2.06. The van der Waals surface area contributed by atoms with E-state index in [1.807, 2.05) is 34.5 Å². The number of urea groups is 1. The number of hydrogen-bond acceptors (Lipinski definition) is 3. The van der Waals surface area contributed by atoms with Crippen molar-refractivity contribution < 1.29 is 22.9 Å². The van der Waals surface area contributed by atoms with Crippen molar-refractivity contribution in [1.29, 1.82) is 0 Å². The second-order valence-electron chi connectivity index (χ2n) is 6.51. The Balaban J connectivity index is 1.36. The number of halogens is 3. The Bertz CT molecular complexity index is 979. The molecule has 2 N–H and O–H groups in total. The number of nitrogens with zero attached hydrogens (tertiary/aromatic N) is 2. The molecule has 2 aromatic heterocycles. The van der Waals surface area contributed by atoms with E-state index in [9.17, 15) is 18.0 Å². The number of thiophene rings is 1. The van der Waals surface area contributed by atoms with E-state index in [0.29, 0.717) is 32.0 Å². The van der Waals surface area contributed by atoms with Gasteiger partial charge in [0.05, 0.1) is 24.3 Å². The maximum absolute atomic E-state index is 12.7. The number of hydrogen-bond donors (Lipinski definition) is 1. The molecule has 0 spiro atoms. The predicted molar refractivity (Wildman–Crippen MR) is 103 cm³/mol. The highest BCUT2D eigenvalue weighted by atomic mass is 32.1. The molecular weight excluding hydrogens is 389 g/mol. The zero-order chi connectivity index (χ0) is 19.7. The lowest BCUT2D eigenvalue weighted by Crippen LogP contribution is -2.51. The summed E-state index contributed by atoms with van der Waals surface area (Å²) in [4.78, 5) is 18.9. The van der Waals surface area contributed by atoms with E-state index in [4.69, 9.17) is 0 Å². The highest BCUT2D eigenvalue weighted by Crippen LogP contribution is 2.30. The van der Waals surface area contributed by atoms with Gasteiger partial charge < -0.3 is 10.2 Å². The van der Waals surface area contributed by atoms with Gasteiger partial charge in [0, 0.05) is 21.5 Å². The van der Waals surface area contributed by atoms with Crippen molar-refractivity contribution in [2.45, 2.75) is 6.18 Å². The molecule has 28 heavy (non-hydrogen) atoms. The van der Waals surface area contributed by atoms with E-state index in [1.54, 1.807) is 16.2 Å². The largest absolute Gasteiger partial charge is 0.419 e. The average molecular weight is 407 g/mol. The standard InChI is InChI=1S/C19H17F3N4OS/c20-19(21,22)13-5-6-17(23-11-13)25-7-9-26(10-8-25)18(27)24-15-12-28-16-4-2-1-3-14(15)16/h1-6,11-12H,7-10H2,(H,24,27)/p+1. The second-order valence-corrected chi connectivity index (χ2v) is 7.42. The number of carbonyl (C=O) groups is 1. The normalized spacial score (nSPS) is 15.1. The Hall–Kier alpha value is -2.81. The van der Waals surface area contributed by atoms with Crippen LogP contribution in [0.1, 0.15) is 5.56 Å². The smallest absolute Gasteiger partial charge is 0.317 e. The highest BCUT2D eigenvalue weighted by molar-refractivity contribution is 7.17. The number of aromatic nitrogens is 1. The van der Waals surface area contributed by atoms with Crippen molar-refractivity contribution in [2.24, 2.45) is 0 Å². The van der Waals surface area contributed by atoms with Gasteiger partial charge in [0.25, 0.3) is 5.82 Å². The Labute approximate surface area is 163 Å². The van der Waals surface area contributed by atoms with Crippen LogP contribution in [0, 0.1) is 0 Å². The number of aromatic amines is 1. The number of pyridine rings is 1. The third kappa shape index (κ3) is 3.75. The number of alkyl halides is 3. The van der Waals surface area contributed by atoms with Gasteiger partial charge in [-0.25, -0.2) is 9.78 Å². The topological polar surface area (TPSA) is 49.7 Å². The van der Waals surface area contributed by atoms with Crippen molar-refractivity contribution in [1.82, 2.24) is 4.90 Å². The fourth-order valence-electron chi connectivity index (χ4n) is 3.21. The molecule has 0 aliphatic carbocycles. The van der Waals surface area contributed by atoms with Crippen molar-refractivity contribution in [2.75, 3.05) is 36.4 Å². The molecule has 0 atom stereocenters. The van der Waals surface area contributed by atoms with E-state index in [0.717, 1.165) is 28.0 Å². The van der Waals surface area contributed by atoms with E-state index in [1.165, 1.54) is 6.07 Å². The number of amides is 2. The number of benzene rings is 1. The molecule has 3 aromatic rings. The van der Waals surface area contributed by atoms with Crippen LogP contribution in [0.3, 0.4) is 0 Å². The quantitative estimate of drug-likeness (QED) is 0.696. The van der Waals surface area contributed by atoms with Crippen LogP contribution in [0.2, 0.25) is 0 Å². The SMILES string of the molecule is O=C(Nc1csc2ccccc12)N1CCN(c2ccc(C(F)(F)F)c[nH+]2)CC1. The molecule has 3 heterocycles. The number of H-pyrrole nitrogens is 1. The zero-order valence-corrected chi connectivity index (χ0v) is 15.6. The minimum absolute atomic E-state index is 0.167. The summed E-state index contributed by atoms with van der Waals surface area (Å²) < 4.78 is 39.1. The van der Waals surface area contributed by atoms with E-state index >= 15 is 0 Å². The monoisotopic (exact) mass is 407 g/mol. The summed E-state index contributed by atoms with van der Waals surface area (Å²) >= 11 is 1.58. The molecule has 1 aliphatic heterocycles. The molecule has 1 saturated heterocycles. The summed E-state index contributed by atoms with van der Waals surface area (Å²) in [6.07, 6.45) is -3.40. The van der Waals surface area contributed by atoms with Crippen LogP contribution in [0.4, 0.5) is 29.5 Å². The van der Waals surface area contributed by atoms with Gasteiger partial charge in [0.2, 0.25) is 0 Å². The van der Waals surface area contributed by atoms with Crippen LogP contribution in [0.5, 0.6) is 0 Å². The molecule has 2 amide bonds. The Kier molecular flexibility index (Phi) is 4.84. The Morgan fingerprint density at radius 3 is 2.50 bits per heavy atom. The van der Waals surface area contributed by atoms with Crippen molar-refractivity contribution in [3.05, 3.63) is 53.5 Å². The van der Waals surface area contributed by atoms with Gasteiger partial charge in [-0.2, -0.15) is 13.2 Å². The number of carbonyl (C=O) groups excluding carboxylic acids is 1. The first-order valence-electron chi connectivity index (χ1n) is 8.78. The van der Waals surface area contributed by atoms with Crippen LogP contribution in [-0.2, 0) is 6.18 Å². The number of rotatable bonds is 2. The fourth-order valence-corrected chi connectivity index (χ4v) is 4.10. The molecule has 1 fully saturated rings. The van der Waals surface area contributed by atoms with Gasteiger partial charge >= 0.3 is 12.2 Å². The highest BCUT2D eigenvalue weighted by Gasteiger charge is 2.33. The number of fused-ring (bicyclic) bond motifs is 1. The number of piperazine rings is 1. The van der Waals surface area contributed by atoms with Crippen molar-refractivity contribution >= 4 is 39.0 Å². The molecule has 4 rings (SSSR count). The summed E-state index contributed by atoms with van der Waals surface area (Å²) in [5.74, 6) is 0.608. The van der Waals surface area contributed by atoms with Crippen LogP contribution in [0.15, 0.2) is 48.0 Å². The molecule has 1 aromatic carbocycles. The van der Waals surface area contributed by atoms with Gasteiger partial charge in [0.1, 0.15) is 19.3 Å². The minimum Gasteiger partial charge on any atom is -0.317 e. The molecule has 0 radical (unpaired) electrons. The lowest BCUT2D eigenvalue weighted by atomic mass is 10.2. The average Bonchev–Trinajstić information content (AvgIpc) is 3.10. The Morgan fingerprint density at radius 2 is 1.82 bits per heavy atom. The summed E-state index contributed by atoms with van der Waals surface area (Å²) in [5.41, 5.74) is 0.0846. The first-order chi connectivity index (χ1) is 13.4. The van der Waals surface area contributed by atoms with Crippen LogP contribution in [0.25, 0.3) is 10.1 Å². The Morgan fingerprint density at radius 1 is 1.07 bits per heavy atom. The molecule has 146 valence electrons. The van der Waals surface area contributed by atoms with Crippen molar-refractivity contribution in [3.8, 4) is 0 Å². The van der Waals surface area contributed by atoms with Gasteiger partial charge in [0.15, 0.2) is 0 Å². The third-order valence-electron chi connectivity index (χ3n) is 4.75.